The van der Waals surface area contributed by atoms with E-state index in [1.807, 2.05) is 46.2 Å². The number of rotatable bonds is 5. The summed E-state index contributed by atoms with van der Waals surface area (Å²) in [4.78, 5) is 19.7. The molecule has 9 heteroatoms. The van der Waals surface area contributed by atoms with E-state index in [9.17, 15) is 4.79 Å². The predicted octanol–water partition coefficient (Wildman–Crippen LogP) is 4.20. The van der Waals surface area contributed by atoms with Crippen LogP contribution in [0.3, 0.4) is 0 Å². The van der Waals surface area contributed by atoms with Crippen molar-refractivity contribution in [3.8, 4) is 5.69 Å². The van der Waals surface area contributed by atoms with E-state index >= 15 is 0 Å². The van der Waals surface area contributed by atoms with Crippen LogP contribution in [-0.4, -0.2) is 54.5 Å². The van der Waals surface area contributed by atoms with Gasteiger partial charge in [-0.25, -0.2) is 4.98 Å². The van der Waals surface area contributed by atoms with Gasteiger partial charge in [0, 0.05) is 48.7 Å². The second kappa shape index (κ2) is 8.03. The van der Waals surface area contributed by atoms with E-state index in [0.29, 0.717) is 22.9 Å². The van der Waals surface area contributed by atoms with Crippen molar-refractivity contribution in [2.75, 3.05) is 19.3 Å². The monoisotopic (exact) mass is 440 g/mol. The number of imidazole rings is 1. The van der Waals surface area contributed by atoms with Crippen LogP contribution in [0.4, 0.5) is 0 Å². The van der Waals surface area contributed by atoms with Gasteiger partial charge in [-0.1, -0.05) is 17.8 Å². The second-order valence-corrected chi connectivity index (χ2v) is 9.07. The van der Waals surface area contributed by atoms with Gasteiger partial charge in [-0.15, -0.1) is 0 Å². The number of carbonyl (C=O) groups excluding carboxylic acids is 1. The summed E-state index contributed by atoms with van der Waals surface area (Å²) in [5.74, 6) is 1.30. The molecule has 1 unspecified atom stereocenters. The van der Waals surface area contributed by atoms with Gasteiger partial charge >= 0.3 is 0 Å². The van der Waals surface area contributed by atoms with Crippen LogP contribution in [0.1, 0.15) is 53.8 Å². The molecule has 2 fully saturated rings. The SMILES string of the molecule is CSc1nccn1-c1cccc(C(=O)N2CCCC(c3n[nH]c(=S)n3C3CC3)C2)c1. The average Bonchev–Trinajstić information content (AvgIpc) is 3.37. The number of aromatic nitrogens is 5. The van der Waals surface area contributed by atoms with Crippen molar-refractivity contribution >= 4 is 29.9 Å². The molecule has 1 aromatic carbocycles. The van der Waals surface area contributed by atoms with Crippen molar-refractivity contribution < 1.29 is 4.79 Å². The Morgan fingerprint density at radius 2 is 2.17 bits per heavy atom. The molecule has 1 saturated heterocycles. The predicted molar refractivity (Wildman–Crippen MR) is 119 cm³/mol. The maximum atomic E-state index is 13.3. The van der Waals surface area contributed by atoms with Crippen LogP contribution in [0.15, 0.2) is 41.8 Å². The number of likely N-dealkylation sites (tertiary alicyclic amines) is 1. The lowest BCUT2D eigenvalue weighted by atomic mass is 9.96. The Labute approximate surface area is 184 Å². The third kappa shape index (κ3) is 3.60. The Morgan fingerprint density at radius 1 is 1.30 bits per heavy atom. The molecule has 1 aliphatic heterocycles. The summed E-state index contributed by atoms with van der Waals surface area (Å²) in [5, 5.41) is 8.40. The van der Waals surface area contributed by atoms with Crippen LogP contribution in [0.25, 0.3) is 5.69 Å². The summed E-state index contributed by atoms with van der Waals surface area (Å²) in [6.45, 7) is 1.45. The Balaban J connectivity index is 1.38. The molecule has 5 rings (SSSR count). The molecular formula is C21H24N6OS2. The van der Waals surface area contributed by atoms with Crippen molar-refractivity contribution in [3.05, 3.63) is 52.8 Å². The van der Waals surface area contributed by atoms with Crippen molar-refractivity contribution in [1.82, 2.24) is 29.2 Å². The van der Waals surface area contributed by atoms with E-state index in [1.165, 1.54) is 0 Å². The lowest BCUT2D eigenvalue weighted by Gasteiger charge is -2.32. The molecule has 30 heavy (non-hydrogen) atoms. The number of hydrogen-bond donors (Lipinski definition) is 1. The van der Waals surface area contributed by atoms with Gasteiger partial charge in [-0.05, 0) is 62.4 Å². The topological polar surface area (TPSA) is 71.7 Å². The van der Waals surface area contributed by atoms with E-state index in [0.717, 1.165) is 48.9 Å². The van der Waals surface area contributed by atoms with Gasteiger partial charge in [0.2, 0.25) is 0 Å². The summed E-state index contributed by atoms with van der Waals surface area (Å²) in [7, 11) is 0. The first kappa shape index (κ1) is 19.6. The molecule has 0 spiro atoms. The van der Waals surface area contributed by atoms with Gasteiger partial charge in [0.25, 0.3) is 5.91 Å². The highest BCUT2D eigenvalue weighted by Crippen LogP contribution is 2.38. The number of benzene rings is 1. The highest BCUT2D eigenvalue weighted by atomic mass is 32.2. The fourth-order valence-corrected chi connectivity index (χ4v) is 5.09. The van der Waals surface area contributed by atoms with Crippen LogP contribution >= 0.6 is 24.0 Å². The van der Waals surface area contributed by atoms with Gasteiger partial charge in [-0.2, -0.15) is 5.10 Å². The van der Waals surface area contributed by atoms with Gasteiger partial charge < -0.3 is 9.47 Å². The summed E-state index contributed by atoms with van der Waals surface area (Å²) < 4.78 is 4.89. The van der Waals surface area contributed by atoms with Gasteiger partial charge in [0.1, 0.15) is 5.82 Å². The fraction of sp³-hybridized carbons (Fsp3) is 0.429. The summed E-state index contributed by atoms with van der Waals surface area (Å²) in [6, 6.07) is 8.27. The van der Waals surface area contributed by atoms with Gasteiger partial charge in [0.15, 0.2) is 9.93 Å². The fourth-order valence-electron chi connectivity index (χ4n) is 4.27. The van der Waals surface area contributed by atoms with E-state index in [4.69, 9.17) is 12.2 Å². The molecule has 2 aromatic heterocycles. The number of aromatic amines is 1. The first-order chi connectivity index (χ1) is 14.7. The number of amides is 1. The summed E-state index contributed by atoms with van der Waals surface area (Å²) in [5.41, 5.74) is 1.65. The molecular weight excluding hydrogens is 416 g/mol. The number of carbonyl (C=O) groups is 1. The van der Waals surface area contributed by atoms with Crippen molar-refractivity contribution in [2.24, 2.45) is 0 Å². The van der Waals surface area contributed by atoms with Crippen LogP contribution < -0.4 is 0 Å². The third-order valence-corrected chi connectivity index (χ3v) is 6.83. The number of nitrogens with zero attached hydrogens (tertiary/aromatic N) is 5. The maximum Gasteiger partial charge on any atom is 0.253 e. The normalized spacial score (nSPS) is 19.2. The van der Waals surface area contributed by atoms with E-state index in [2.05, 4.69) is 19.7 Å². The smallest absolute Gasteiger partial charge is 0.253 e. The van der Waals surface area contributed by atoms with E-state index < -0.39 is 0 Å². The standard InChI is InChI=1S/C21H24N6OS2/c1-30-21-22-9-11-26(21)17-6-2-4-14(12-17)19(28)25-10-3-5-15(13-25)18-23-24-20(29)27(18)16-7-8-16/h2,4,6,9,11-12,15-16H,3,5,7-8,10,13H2,1H3,(H,24,29). The minimum absolute atomic E-state index is 0.0690. The molecule has 3 aromatic rings. The zero-order chi connectivity index (χ0) is 20.7. The van der Waals surface area contributed by atoms with E-state index in [-0.39, 0.29) is 11.8 Å². The Hall–Kier alpha value is -2.39. The van der Waals surface area contributed by atoms with Crippen molar-refractivity contribution in [2.45, 2.75) is 42.8 Å². The molecule has 0 radical (unpaired) electrons. The molecule has 156 valence electrons. The molecule has 1 N–H and O–H groups in total. The van der Waals surface area contributed by atoms with Crippen LogP contribution in [0.2, 0.25) is 0 Å². The Bertz CT molecular complexity index is 1130. The first-order valence-electron chi connectivity index (χ1n) is 10.3. The maximum absolute atomic E-state index is 13.3. The molecule has 7 nitrogen and oxygen atoms in total. The van der Waals surface area contributed by atoms with Crippen LogP contribution in [0.5, 0.6) is 0 Å². The summed E-state index contributed by atoms with van der Waals surface area (Å²) >= 11 is 7.03. The zero-order valence-electron chi connectivity index (χ0n) is 16.8. The molecule has 1 amide bonds. The number of nitrogens with one attached hydrogen (secondary N) is 1. The Morgan fingerprint density at radius 3 is 2.97 bits per heavy atom. The third-order valence-electron chi connectivity index (χ3n) is 5.88. The molecule has 0 bridgehead atoms. The highest BCUT2D eigenvalue weighted by molar-refractivity contribution is 7.98. The lowest BCUT2D eigenvalue weighted by Crippen LogP contribution is -2.39. The zero-order valence-corrected chi connectivity index (χ0v) is 18.5. The van der Waals surface area contributed by atoms with Crippen LogP contribution in [0, 0.1) is 4.77 Å². The second-order valence-electron chi connectivity index (χ2n) is 7.91. The summed E-state index contributed by atoms with van der Waals surface area (Å²) in [6.07, 6.45) is 10.0. The highest BCUT2D eigenvalue weighted by Gasteiger charge is 2.33. The van der Waals surface area contributed by atoms with Crippen LogP contribution in [-0.2, 0) is 0 Å². The number of hydrogen-bond acceptors (Lipinski definition) is 5. The number of H-pyrrole nitrogens is 1. The largest absolute Gasteiger partial charge is 0.338 e. The van der Waals surface area contributed by atoms with E-state index in [1.54, 1.807) is 18.0 Å². The molecule has 1 saturated carbocycles. The minimum Gasteiger partial charge on any atom is -0.338 e. The lowest BCUT2D eigenvalue weighted by molar-refractivity contribution is 0.0703. The quantitative estimate of drug-likeness (QED) is 0.475. The average molecular weight is 441 g/mol. The van der Waals surface area contributed by atoms with Crippen molar-refractivity contribution in [1.29, 1.82) is 0 Å². The molecule has 1 atom stereocenters. The number of thioether (sulfide) groups is 1. The molecule has 3 heterocycles. The van der Waals surface area contributed by atoms with Gasteiger partial charge in [0.05, 0.1) is 0 Å². The van der Waals surface area contributed by atoms with Gasteiger partial charge in [-0.3, -0.25) is 14.5 Å². The Kier molecular flexibility index (Phi) is 5.24. The molecule has 2 aliphatic rings. The van der Waals surface area contributed by atoms with Crippen molar-refractivity contribution in [3.63, 3.8) is 0 Å². The minimum atomic E-state index is 0.0690. The molecule has 1 aliphatic carbocycles. The first-order valence-corrected chi connectivity index (χ1v) is 11.9. The number of piperidine rings is 1.